The molecule has 5 nitrogen and oxygen atoms in total. The number of rotatable bonds is 13. The molecular formula is C27H45F3N2O3. The highest BCUT2D eigenvalue weighted by molar-refractivity contribution is 5.85. The molecule has 1 N–H and O–H groups in total. The van der Waals surface area contributed by atoms with Gasteiger partial charge in [-0.2, -0.15) is 13.2 Å². The first-order valence-electron chi connectivity index (χ1n) is 13.0. The standard InChI is InChI=1S/C15H33N.C12H12F3NO3/c1-6-7-8-9-10-11-12-13-14-16(5)15(2,3)4;1-6(12(13,14)15)19-10-8(7-2-3-7)4-5-9(16-10)11(17)18/h6-14H2,1-5H3;4-7H,2-3H2,1H3,(H,17,18). The zero-order chi connectivity index (χ0) is 26.6. The van der Waals surface area contributed by atoms with Crippen LogP contribution in [0.4, 0.5) is 13.2 Å². The van der Waals surface area contributed by atoms with Crippen molar-refractivity contribution in [3.05, 3.63) is 23.4 Å². The van der Waals surface area contributed by atoms with E-state index < -0.39 is 18.2 Å². The maximum absolute atomic E-state index is 12.5. The Morgan fingerprint density at radius 3 is 2.09 bits per heavy atom. The number of nitrogens with zero attached hydrogens (tertiary/aromatic N) is 2. The molecule has 1 atom stereocenters. The Hall–Kier alpha value is -1.83. The van der Waals surface area contributed by atoms with Gasteiger partial charge in [-0.25, -0.2) is 9.78 Å². The van der Waals surface area contributed by atoms with Gasteiger partial charge >= 0.3 is 12.1 Å². The van der Waals surface area contributed by atoms with Gasteiger partial charge in [-0.05, 0) is 72.5 Å². The summed E-state index contributed by atoms with van der Waals surface area (Å²) >= 11 is 0. The van der Waals surface area contributed by atoms with E-state index in [9.17, 15) is 18.0 Å². The van der Waals surface area contributed by atoms with Crippen LogP contribution in [0.3, 0.4) is 0 Å². The highest BCUT2D eigenvalue weighted by Gasteiger charge is 2.39. The predicted molar refractivity (Wildman–Crippen MR) is 134 cm³/mol. The first kappa shape index (κ1) is 31.2. The summed E-state index contributed by atoms with van der Waals surface area (Å²) in [5, 5.41) is 8.81. The fraction of sp³-hybridized carbons (Fsp3) is 0.778. The number of aromatic nitrogens is 1. The van der Waals surface area contributed by atoms with Gasteiger partial charge in [-0.1, -0.05) is 57.9 Å². The van der Waals surface area contributed by atoms with Gasteiger partial charge in [0.15, 0.2) is 11.8 Å². The molecule has 0 saturated heterocycles. The molecule has 2 rings (SSSR count). The summed E-state index contributed by atoms with van der Waals surface area (Å²) in [6, 6.07) is 2.76. The smallest absolute Gasteiger partial charge is 0.425 e. The van der Waals surface area contributed by atoms with Crippen molar-refractivity contribution in [3.8, 4) is 5.88 Å². The van der Waals surface area contributed by atoms with Crippen LogP contribution < -0.4 is 4.74 Å². The average molecular weight is 503 g/mol. The third-order valence-corrected chi connectivity index (χ3v) is 6.37. The minimum atomic E-state index is -4.51. The second-order valence-electron chi connectivity index (χ2n) is 10.5. The van der Waals surface area contributed by atoms with Gasteiger partial charge in [0.05, 0.1) is 0 Å². The van der Waals surface area contributed by atoms with E-state index in [4.69, 9.17) is 9.84 Å². The minimum absolute atomic E-state index is 0.116. The predicted octanol–water partition coefficient (Wildman–Crippen LogP) is 7.84. The van der Waals surface area contributed by atoms with Gasteiger partial charge in [0, 0.05) is 11.1 Å². The maximum atomic E-state index is 12.5. The summed E-state index contributed by atoms with van der Waals surface area (Å²) in [6.45, 7) is 11.3. The fourth-order valence-electron chi connectivity index (χ4n) is 3.42. The zero-order valence-corrected chi connectivity index (χ0v) is 22.4. The van der Waals surface area contributed by atoms with Crippen molar-refractivity contribution < 1.29 is 27.8 Å². The summed E-state index contributed by atoms with van der Waals surface area (Å²) < 4.78 is 42.2. The quantitative estimate of drug-likeness (QED) is 0.278. The van der Waals surface area contributed by atoms with Crippen molar-refractivity contribution in [1.29, 1.82) is 0 Å². The molecule has 1 aromatic heterocycles. The van der Waals surface area contributed by atoms with Crippen LogP contribution in [0.25, 0.3) is 0 Å². The highest BCUT2D eigenvalue weighted by Crippen LogP contribution is 2.44. The molecule has 0 aliphatic heterocycles. The Morgan fingerprint density at radius 2 is 1.63 bits per heavy atom. The second-order valence-corrected chi connectivity index (χ2v) is 10.5. The molecule has 0 spiro atoms. The highest BCUT2D eigenvalue weighted by atomic mass is 19.4. The largest absolute Gasteiger partial charge is 0.477 e. The van der Waals surface area contributed by atoms with Crippen LogP contribution in [0.5, 0.6) is 5.88 Å². The average Bonchev–Trinajstić information content (AvgIpc) is 3.59. The molecule has 1 aliphatic rings. The number of alkyl halides is 3. The summed E-state index contributed by atoms with van der Waals surface area (Å²) in [5.74, 6) is -1.41. The van der Waals surface area contributed by atoms with E-state index in [1.807, 2.05) is 0 Å². The normalized spacial score (nSPS) is 14.9. The maximum Gasteiger partial charge on any atom is 0.425 e. The minimum Gasteiger partial charge on any atom is -0.477 e. The molecule has 1 aliphatic carbocycles. The van der Waals surface area contributed by atoms with Gasteiger partial charge in [-0.3, -0.25) is 0 Å². The lowest BCUT2D eigenvalue weighted by molar-refractivity contribution is -0.190. The molecule has 1 fully saturated rings. The Labute approximate surface area is 209 Å². The molecule has 0 radical (unpaired) electrons. The summed E-state index contributed by atoms with van der Waals surface area (Å²) in [6.07, 6.45) is 6.48. The van der Waals surface area contributed by atoms with Gasteiger partial charge in [-0.15, -0.1) is 0 Å². The van der Waals surface area contributed by atoms with Crippen molar-refractivity contribution in [1.82, 2.24) is 9.88 Å². The monoisotopic (exact) mass is 502 g/mol. The van der Waals surface area contributed by atoms with Crippen LogP contribution >= 0.6 is 0 Å². The van der Waals surface area contributed by atoms with Crippen LogP contribution in [0.2, 0.25) is 0 Å². The van der Waals surface area contributed by atoms with Crippen molar-refractivity contribution >= 4 is 5.97 Å². The van der Waals surface area contributed by atoms with Crippen LogP contribution in [0.1, 0.15) is 121 Å². The summed E-state index contributed by atoms with van der Waals surface area (Å²) in [4.78, 5) is 16.9. The topological polar surface area (TPSA) is 62.7 Å². The Kier molecular flexibility index (Phi) is 13.1. The Bertz CT molecular complexity index is 759. The number of carboxylic acids is 1. The van der Waals surface area contributed by atoms with Gasteiger partial charge < -0.3 is 14.7 Å². The van der Waals surface area contributed by atoms with Crippen LogP contribution in [-0.2, 0) is 0 Å². The van der Waals surface area contributed by atoms with Crippen molar-refractivity contribution in [2.75, 3.05) is 13.6 Å². The zero-order valence-electron chi connectivity index (χ0n) is 22.4. The first-order chi connectivity index (χ1) is 16.3. The number of pyridine rings is 1. The number of hydrogen-bond donors (Lipinski definition) is 1. The van der Waals surface area contributed by atoms with Crippen molar-refractivity contribution in [3.63, 3.8) is 0 Å². The lowest BCUT2D eigenvalue weighted by atomic mass is 10.1. The second kappa shape index (κ2) is 14.7. The Balaban J connectivity index is 0.000000357. The van der Waals surface area contributed by atoms with E-state index >= 15 is 0 Å². The van der Waals surface area contributed by atoms with E-state index in [2.05, 4.69) is 44.6 Å². The number of carboxylic acid groups (broad SMARTS) is 1. The molecule has 0 bridgehead atoms. The molecule has 1 aromatic rings. The van der Waals surface area contributed by atoms with Gasteiger partial charge in [0.25, 0.3) is 0 Å². The Morgan fingerprint density at radius 1 is 1.09 bits per heavy atom. The van der Waals surface area contributed by atoms with Crippen molar-refractivity contribution in [2.24, 2.45) is 0 Å². The van der Waals surface area contributed by atoms with Gasteiger partial charge in [0.1, 0.15) is 0 Å². The first-order valence-corrected chi connectivity index (χ1v) is 13.0. The molecule has 1 saturated carbocycles. The van der Waals surface area contributed by atoms with E-state index in [0.29, 0.717) is 11.1 Å². The molecule has 202 valence electrons. The lowest BCUT2D eigenvalue weighted by Gasteiger charge is -2.31. The SMILES string of the molecule is CC(Oc1nc(C(=O)O)ccc1C1CC1)C(F)(F)F.CCCCCCCCCCN(C)C(C)(C)C. The van der Waals surface area contributed by atoms with Crippen LogP contribution in [0, 0.1) is 0 Å². The summed E-state index contributed by atoms with van der Waals surface area (Å²) in [5.41, 5.74) is 0.552. The fourth-order valence-corrected chi connectivity index (χ4v) is 3.42. The third kappa shape index (κ3) is 12.6. The van der Waals surface area contributed by atoms with E-state index in [1.54, 1.807) is 0 Å². The molecule has 0 amide bonds. The van der Waals surface area contributed by atoms with E-state index in [-0.39, 0.29) is 17.5 Å². The number of ether oxygens (including phenoxy) is 1. The molecular weight excluding hydrogens is 457 g/mol. The summed E-state index contributed by atoms with van der Waals surface area (Å²) in [7, 11) is 2.24. The van der Waals surface area contributed by atoms with Crippen LogP contribution in [0.15, 0.2) is 12.1 Å². The number of carbonyl (C=O) groups is 1. The molecule has 1 heterocycles. The third-order valence-electron chi connectivity index (χ3n) is 6.37. The molecule has 1 unspecified atom stereocenters. The lowest BCUT2D eigenvalue weighted by Crippen LogP contribution is -2.38. The molecule has 8 heteroatoms. The van der Waals surface area contributed by atoms with Crippen molar-refractivity contribution in [2.45, 2.75) is 123 Å². The number of unbranched alkanes of at least 4 members (excludes halogenated alkanes) is 7. The number of aromatic carboxylic acids is 1. The molecule has 0 aromatic carbocycles. The number of hydrogen-bond acceptors (Lipinski definition) is 4. The van der Waals surface area contributed by atoms with Crippen LogP contribution in [-0.4, -0.2) is 52.4 Å². The van der Waals surface area contributed by atoms with Gasteiger partial charge in [0.2, 0.25) is 5.88 Å². The van der Waals surface area contributed by atoms with E-state index in [1.165, 1.54) is 70.0 Å². The van der Waals surface area contributed by atoms with E-state index in [0.717, 1.165) is 19.8 Å². The number of halogens is 3. The molecule has 35 heavy (non-hydrogen) atoms.